The van der Waals surface area contributed by atoms with Gasteiger partial charge in [0.25, 0.3) is 0 Å². The van der Waals surface area contributed by atoms with Crippen LogP contribution in [0.25, 0.3) is 0 Å². The van der Waals surface area contributed by atoms with Gasteiger partial charge in [0, 0.05) is 0 Å². The second-order valence-corrected chi connectivity index (χ2v) is 2.95. The van der Waals surface area contributed by atoms with Crippen molar-refractivity contribution in [3.63, 3.8) is 0 Å². The Morgan fingerprint density at radius 1 is 1.00 bits per heavy atom. The summed E-state index contributed by atoms with van der Waals surface area (Å²) in [5, 5.41) is 0. The molecule has 0 amide bonds. The summed E-state index contributed by atoms with van der Waals surface area (Å²) in [6.45, 7) is 0. The molecule has 0 aliphatic carbocycles. The van der Waals surface area contributed by atoms with Gasteiger partial charge in [0.05, 0.1) is 0 Å². The maximum absolute atomic E-state index is 7.89. The zero-order valence-corrected chi connectivity index (χ0v) is 9.33. The molecule has 0 aromatic heterocycles. The molecule has 5 nitrogen and oxygen atoms in total. The average molecular weight is 198 g/mol. The Morgan fingerprint density at radius 3 is 1.12 bits per heavy atom. The Balaban J connectivity index is -0.0000000150. The first-order valence-corrected chi connectivity index (χ1v) is 3.06. The predicted molar refractivity (Wildman–Crippen MR) is 31.7 cm³/mol. The second kappa shape index (κ2) is 3.43. The minimum absolute atomic E-state index is 0. The summed E-state index contributed by atoms with van der Waals surface area (Å²) in [6, 6.07) is 0. The van der Waals surface area contributed by atoms with Gasteiger partial charge in [0.15, 0.2) is 0 Å². The van der Waals surface area contributed by atoms with Crippen molar-refractivity contribution in [2.75, 3.05) is 0 Å². The van der Waals surface area contributed by atoms with Gasteiger partial charge in [-0.25, -0.2) is 0 Å². The largest absolute Gasteiger partial charge is 2.00 e. The molecule has 0 bridgehead atoms. The third-order valence-electron chi connectivity index (χ3n) is 0.275. The van der Waals surface area contributed by atoms with Crippen LogP contribution in [0, 0.1) is 0 Å². The van der Waals surface area contributed by atoms with E-state index in [9.17, 15) is 0 Å². The zero-order valence-electron chi connectivity index (χ0n) is 8.02. The fourth-order valence-corrected chi connectivity index (χ4v) is 0.402. The van der Waals surface area contributed by atoms with Gasteiger partial charge in [-0.3, -0.25) is 0 Å². The summed E-state index contributed by atoms with van der Waals surface area (Å²) in [6.07, 6.45) is 0. The van der Waals surface area contributed by atoms with E-state index in [4.69, 9.17) is 14.7 Å². The van der Waals surface area contributed by atoms with Crippen LogP contribution in [-0.2, 0) is 9.35 Å². The molecule has 1 fully saturated rings. The normalized spacial score (nSPS) is 32.1. The third kappa shape index (κ3) is 5.53. The van der Waals surface area contributed by atoms with Gasteiger partial charge >= 0.3 is 107 Å². The SMILES string of the molecule is OP1(O)(O)OO1.[Ca+2].[Ca+2].[H-].[H-].[H-].[H-]. The van der Waals surface area contributed by atoms with Crippen molar-refractivity contribution in [2.45, 2.75) is 0 Å². The van der Waals surface area contributed by atoms with E-state index in [2.05, 4.69) is 9.35 Å². The number of hydrogen-bond donors (Lipinski definition) is 3. The number of hydrogen-bond acceptors (Lipinski definition) is 5. The van der Waals surface area contributed by atoms with E-state index in [0.29, 0.717) is 0 Å². The molecule has 1 heterocycles. The van der Waals surface area contributed by atoms with Gasteiger partial charge in [0.2, 0.25) is 0 Å². The van der Waals surface area contributed by atoms with Crippen LogP contribution >= 0.6 is 7.74 Å². The molecule has 0 saturated carbocycles. The quantitative estimate of drug-likeness (QED) is 0.196. The van der Waals surface area contributed by atoms with Crippen LogP contribution in [0.15, 0.2) is 0 Å². The van der Waals surface area contributed by atoms with Crippen molar-refractivity contribution in [1.29, 1.82) is 0 Å². The predicted octanol–water partition coefficient (Wildman–Crippen LogP) is -1.26. The Morgan fingerprint density at radius 2 is 1.12 bits per heavy atom. The van der Waals surface area contributed by atoms with E-state index in [1.807, 2.05) is 0 Å². The summed E-state index contributed by atoms with van der Waals surface area (Å²) in [5.74, 6) is 0. The molecule has 0 unspecified atom stereocenters. The van der Waals surface area contributed by atoms with Crippen LogP contribution in [0.4, 0.5) is 0 Å². The van der Waals surface area contributed by atoms with E-state index < -0.39 is 7.74 Å². The maximum atomic E-state index is 7.89. The zero-order chi connectivity index (χ0) is 4.86. The monoisotopic (exact) mass is 198 g/mol. The van der Waals surface area contributed by atoms with Gasteiger partial charge in [-0.1, -0.05) is 0 Å². The molecular formula is H7Ca2O5P. The van der Waals surface area contributed by atoms with Crippen LogP contribution < -0.4 is 0 Å². The Hall–Kier alpha value is 2.75. The Bertz CT molecular complexity index is 85.2. The summed E-state index contributed by atoms with van der Waals surface area (Å²) in [5.41, 5.74) is 0. The molecule has 0 spiro atoms. The van der Waals surface area contributed by atoms with E-state index >= 15 is 0 Å². The molecule has 1 aliphatic rings. The molecule has 1 rings (SSSR count). The van der Waals surface area contributed by atoms with Crippen LogP contribution in [0.2, 0.25) is 0 Å². The van der Waals surface area contributed by atoms with Gasteiger partial charge in [0.1, 0.15) is 0 Å². The van der Waals surface area contributed by atoms with Gasteiger partial charge in [-0.15, -0.1) is 0 Å². The van der Waals surface area contributed by atoms with Crippen LogP contribution in [0.3, 0.4) is 0 Å². The molecule has 8 heavy (non-hydrogen) atoms. The van der Waals surface area contributed by atoms with Crippen molar-refractivity contribution in [2.24, 2.45) is 0 Å². The van der Waals surface area contributed by atoms with Crippen LogP contribution in [0.5, 0.6) is 0 Å². The summed E-state index contributed by atoms with van der Waals surface area (Å²) >= 11 is 0. The maximum Gasteiger partial charge on any atom is 2.00 e. The van der Waals surface area contributed by atoms with E-state index in [-0.39, 0.29) is 81.2 Å². The van der Waals surface area contributed by atoms with E-state index in [1.165, 1.54) is 0 Å². The van der Waals surface area contributed by atoms with E-state index in [1.54, 1.807) is 0 Å². The summed E-state index contributed by atoms with van der Waals surface area (Å²) < 4.78 is 6.76. The van der Waals surface area contributed by atoms with Crippen molar-refractivity contribution >= 4 is 83.2 Å². The first-order valence-electron chi connectivity index (χ1n) is 1.13. The molecule has 1 saturated heterocycles. The van der Waals surface area contributed by atoms with Crippen molar-refractivity contribution in [3.05, 3.63) is 0 Å². The molecule has 8 heteroatoms. The summed E-state index contributed by atoms with van der Waals surface area (Å²) in [7, 11) is -4.80. The first kappa shape index (κ1) is 13.3. The second-order valence-electron chi connectivity index (χ2n) is 0.982. The molecule has 0 aromatic rings. The topological polar surface area (TPSA) is 85.8 Å². The smallest absolute Gasteiger partial charge is 1.00 e. The van der Waals surface area contributed by atoms with Crippen LogP contribution in [-0.4, -0.2) is 90.2 Å². The van der Waals surface area contributed by atoms with Crippen LogP contribution in [0.1, 0.15) is 5.71 Å². The fraction of sp³-hybridized carbons (Fsp3) is 0. The minimum atomic E-state index is -4.80. The van der Waals surface area contributed by atoms with E-state index in [0.717, 1.165) is 0 Å². The fourth-order valence-electron chi connectivity index (χ4n) is 0.0447. The first-order chi connectivity index (χ1) is 2.47. The average Bonchev–Trinajstić information content (AvgIpc) is 1.73. The van der Waals surface area contributed by atoms with Gasteiger partial charge in [-0.2, -0.15) is 0 Å². The Kier molecular flexibility index (Phi) is 5.72. The van der Waals surface area contributed by atoms with Crippen molar-refractivity contribution < 1.29 is 29.7 Å². The molecule has 46 valence electrons. The molecule has 1 aliphatic heterocycles. The Labute approximate surface area is 111 Å². The molecular weight excluding hydrogens is 191 g/mol. The van der Waals surface area contributed by atoms with Gasteiger partial charge < -0.3 is 5.71 Å². The molecule has 0 radical (unpaired) electrons. The molecule has 3 N–H and O–H groups in total. The molecule has 0 aromatic carbocycles. The standard InChI is InChI=1S/2Ca.H3O5P.4H/c;;1-6(2,3)4-5-6;;;;/h;;1-3H;;;;/q2*+2;;4*-1. The third-order valence-corrected chi connectivity index (χ3v) is 0.824. The van der Waals surface area contributed by atoms with Gasteiger partial charge in [-0.05, 0) is 0 Å². The minimum Gasteiger partial charge on any atom is -1.00 e. The molecule has 0 atom stereocenters. The van der Waals surface area contributed by atoms with Crippen molar-refractivity contribution in [1.82, 2.24) is 0 Å². The number of rotatable bonds is 0. The van der Waals surface area contributed by atoms with Crippen molar-refractivity contribution in [3.8, 4) is 0 Å². The summed E-state index contributed by atoms with van der Waals surface area (Å²) in [4.78, 5) is 23.7.